The van der Waals surface area contributed by atoms with E-state index in [0.717, 1.165) is 0 Å². The van der Waals surface area contributed by atoms with Crippen molar-refractivity contribution in [1.29, 1.82) is 0 Å². The Morgan fingerprint density at radius 3 is 2.38 bits per heavy atom. The average molecular weight is 538 g/mol. The van der Waals surface area contributed by atoms with Crippen LogP contribution in [0.15, 0.2) is 53.4 Å². The number of rotatable bonds is 12. The lowest BCUT2D eigenvalue weighted by Gasteiger charge is -2.28. The van der Waals surface area contributed by atoms with Crippen molar-refractivity contribution in [3.63, 3.8) is 0 Å². The second-order valence-corrected chi connectivity index (χ2v) is 10.3. The normalized spacial score (nSPS) is 15.1. The molecule has 12 heteroatoms. The van der Waals surface area contributed by atoms with Gasteiger partial charge >= 0.3 is 0 Å². The number of hydrogen-bond acceptors (Lipinski definition) is 7. The molecule has 202 valence electrons. The van der Waals surface area contributed by atoms with Gasteiger partial charge in [-0.1, -0.05) is 12.1 Å². The van der Waals surface area contributed by atoms with Crippen LogP contribution in [0.3, 0.4) is 0 Å². The van der Waals surface area contributed by atoms with Crippen molar-refractivity contribution in [3.8, 4) is 5.75 Å². The average Bonchev–Trinajstić information content (AvgIpc) is 2.91. The Kier molecular flexibility index (Phi) is 10.4. The van der Waals surface area contributed by atoms with E-state index in [1.807, 2.05) is 0 Å². The van der Waals surface area contributed by atoms with Gasteiger partial charge in [-0.25, -0.2) is 12.8 Å². The SMILES string of the molecule is COCCNC(=O)[C@@H](C)N(Cc1ccc(F)cc1)C(=O)COc1ccc(S(=O)(=O)N2CCOCC2)cc1. The van der Waals surface area contributed by atoms with Gasteiger partial charge in [-0.3, -0.25) is 9.59 Å². The van der Waals surface area contributed by atoms with Crippen LogP contribution in [0.1, 0.15) is 12.5 Å². The van der Waals surface area contributed by atoms with Crippen molar-refractivity contribution in [1.82, 2.24) is 14.5 Å². The zero-order valence-corrected chi connectivity index (χ0v) is 21.7. The Hall–Kier alpha value is -3.06. The number of nitrogens with one attached hydrogen (secondary N) is 1. The van der Waals surface area contributed by atoms with Gasteiger partial charge in [-0.05, 0) is 48.9 Å². The summed E-state index contributed by atoms with van der Waals surface area (Å²) in [4.78, 5) is 27.2. The van der Waals surface area contributed by atoms with Crippen LogP contribution >= 0.6 is 0 Å². The minimum absolute atomic E-state index is 0.0675. The summed E-state index contributed by atoms with van der Waals surface area (Å²) in [5, 5.41) is 2.71. The van der Waals surface area contributed by atoms with Crippen molar-refractivity contribution in [2.45, 2.75) is 24.4 Å². The summed E-state index contributed by atoms with van der Waals surface area (Å²) in [5.74, 6) is -0.948. The number of hydrogen-bond donors (Lipinski definition) is 1. The van der Waals surface area contributed by atoms with Gasteiger partial charge in [0.2, 0.25) is 15.9 Å². The van der Waals surface area contributed by atoms with E-state index in [2.05, 4.69) is 5.32 Å². The summed E-state index contributed by atoms with van der Waals surface area (Å²) < 4.78 is 56.0. The standard InChI is InChI=1S/C25H32FN3O7S/c1-19(25(31)27-11-14-34-2)29(17-20-3-5-21(26)6-4-20)24(30)18-36-22-7-9-23(10-8-22)37(32,33)28-12-15-35-16-13-28/h3-10,19H,11-18H2,1-2H3,(H,27,31)/t19-/m1/s1. The number of carbonyl (C=O) groups is 2. The molecule has 1 aliphatic heterocycles. The first-order chi connectivity index (χ1) is 17.7. The van der Waals surface area contributed by atoms with Crippen LogP contribution in [0.25, 0.3) is 0 Å². The molecule has 1 N–H and O–H groups in total. The quantitative estimate of drug-likeness (QED) is 0.407. The molecule has 0 saturated carbocycles. The van der Waals surface area contributed by atoms with Crippen LogP contribution in [0.5, 0.6) is 5.75 Å². The zero-order valence-electron chi connectivity index (χ0n) is 20.9. The number of carbonyl (C=O) groups excluding carboxylic acids is 2. The van der Waals surface area contributed by atoms with Gasteiger partial charge in [0.1, 0.15) is 17.6 Å². The fraction of sp³-hybridized carbons (Fsp3) is 0.440. The number of methoxy groups -OCH3 is 1. The summed E-state index contributed by atoms with van der Waals surface area (Å²) in [7, 11) is -2.13. The monoisotopic (exact) mass is 537 g/mol. The summed E-state index contributed by atoms with van der Waals surface area (Å²) in [6.45, 7) is 3.16. The molecule has 1 saturated heterocycles. The van der Waals surface area contributed by atoms with Crippen molar-refractivity contribution in [2.24, 2.45) is 0 Å². The van der Waals surface area contributed by atoms with Crippen LogP contribution in [0.4, 0.5) is 4.39 Å². The zero-order chi connectivity index (χ0) is 26.8. The third-order valence-electron chi connectivity index (χ3n) is 5.83. The lowest BCUT2D eigenvalue weighted by molar-refractivity contribution is -0.142. The molecule has 2 aromatic rings. The van der Waals surface area contributed by atoms with Gasteiger partial charge in [0, 0.05) is 33.3 Å². The minimum atomic E-state index is -3.65. The van der Waals surface area contributed by atoms with Crippen molar-refractivity contribution >= 4 is 21.8 Å². The van der Waals surface area contributed by atoms with Gasteiger partial charge in [0.25, 0.3) is 5.91 Å². The first kappa shape index (κ1) is 28.5. The number of sulfonamides is 1. The maximum Gasteiger partial charge on any atom is 0.261 e. The molecular weight excluding hydrogens is 505 g/mol. The predicted octanol–water partition coefficient (Wildman–Crippen LogP) is 1.41. The molecule has 0 unspecified atom stereocenters. The van der Waals surface area contributed by atoms with E-state index >= 15 is 0 Å². The molecule has 0 radical (unpaired) electrons. The van der Waals surface area contributed by atoms with E-state index in [1.54, 1.807) is 19.1 Å². The summed E-state index contributed by atoms with van der Waals surface area (Å²) >= 11 is 0. The van der Waals surface area contributed by atoms with Gasteiger partial charge in [-0.15, -0.1) is 0 Å². The maximum absolute atomic E-state index is 13.3. The fourth-order valence-electron chi connectivity index (χ4n) is 3.66. The van der Waals surface area contributed by atoms with Gasteiger partial charge in [0.05, 0.1) is 24.7 Å². The van der Waals surface area contributed by atoms with Gasteiger partial charge in [0.15, 0.2) is 6.61 Å². The number of halogens is 1. The lowest BCUT2D eigenvalue weighted by Crippen LogP contribution is -2.49. The van der Waals surface area contributed by atoms with Crippen molar-refractivity contribution in [3.05, 3.63) is 59.9 Å². The first-order valence-electron chi connectivity index (χ1n) is 11.8. The second-order valence-electron chi connectivity index (χ2n) is 8.38. The molecule has 0 bridgehead atoms. The highest BCUT2D eigenvalue weighted by atomic mass is 32.2. The molecule has 2 aromatic carbocycles. The molecule has 0 aromatic heterocycles. The van der Waals surface area contributed by atoms with Crippen LogP contribution < -0.4 is 10.1 Å². The van der Waals surface area contributed by atoms with Gasteiger partial charge in [-0.2, -0.15) is 4.31 Å². The highest BCUT2D eigenvalue weighted by molar-refractivity contribution is 7.89. The van der Waals surface area contributed by atoms with Crippen LogP contribution in [-0.2, 0) is 35.6 Å². The maximum atomic E-state index is 13.3. The lowest BCUT2D eigenvalue weighted by atomic mass is 10.1. The molecule has 1 fully saturated rings. The molecule has 10 nitrogen and oxygen atoms in total. The third kappa shape index (κ3) is 7.96. The number of benzene rings is 2. The van der Waals surface area contributed by atoms with Crippen molar-refractivity contribution in [2.75, 3.05) is 53.2 Å². The molecule has 37 heavy (non-hydrogen) atoms. The Morgan fingerprint density at radius 2 is 1.76 bits per heavy atom. The highest BCUT2D eigenvalue weighted by Crippen LogP contribution is 2.21. The van der Waals surface area contributed by atoms with E-state index in [-0.39, 0.29) is 43.6 Å². The largest absolute Gasteiger partial charge is 0.484 e. The molecule has 2 amide bonds. The van der Waals surface area contributed by atoms with Crippen molar-refractivity contribution < 1.29 is 36.6 Å². The second kappa shape index (κ2) is 13.5. The van der Waals surface area contributed by atoms with E-state index in [0.29, 0.717) is 31.1 Å². The molecule has 1 heterocycles. The Balaban J connectivity index is 1.67. The third-order valence-corrected chi connectivity index (χ3v) is 7.75. The molecule has 3 rings (SSSR count). The number of amides is 2. The topological polar surface area (TPSA) is 114 Å². The Morgan fingerprint density at radius 1 is 1.11 bits per heavy atom. The van der Waals surface area contributed by atoms with Crippen LogP contribution in [-0.4, -0.2) is 88.7 Å². The molecular formula is C25H32FN3O7S. The Bertz CT molecular complexity index is 1140. The number of ether oxygens (including phenoxy) is 3. The summed E-state index contributed by atoms with van der Waals surface area (Å²) in [5.41, 5.74) is 0.643. The molecule has 1 atom stereocenters. The summed E-state index contributed by atoms with van der Waals surface area (Å²) in [6.07, 6.45) is 0. The number of morpholine rings is 1. The van der Waals surface area contributed by atoms with E-state index in [9.17, 15) is 22.4 Å². The first-order valence-corrected chi connectivity index (χ1v) is 13.3. The van der Waals surface area contributed by atoms with E-state index in [4.69, 9.17) is 14.2 Å². The summed E-state index contributed by atoms with van der Waals surface area (Å²) in [6, 6.07) is 10.6. The molecule has 1 aliphatic rings. The van der Waals surface area contributed by atoms with E-state index < -0.39 is 27.8 Å². The van der Waals surface area contributed by atoms with Gasteiger partial charge < -0.3 is 24.4 Å². The highest BCUT2D eigenvalue weighted by Gasteiger charge is 2.28. The fourth-order valence-corrected chi connectivity index (χ4v) is 5.07. The van der Waals surface area contributed by atoms with Crippen LogP contribution in [0, 0.1) is 5.82 Å². The Labute approximate surface area is 216 Å². The van der Waals surface area contributed by atoms with Crippen LogP contribution in [0.2, 0.25) is 0 Å². The smallest absolute Gasteiger partial charge is 0.261 e. The molecule has 0 spiro atoms. The minimum Gasteiger partial charge on any atom is -0.484 e. The van der Waals surface area contributed by atoms with E-state index in [1.165, 1.54) is 52.7 Å². The predicted molar refractivity (Wildman–Crippen MR) is 133 cm³/mol. The number of nitrogens with zero attached hydrogens (tertiary/aromatic N) is 2. The molecule has 0 aliphatic carbocycles.